The summed E-state index contributed by atoms with van der Waals surface area (Å²) in [5.41, 5.74) is 2.89. The number of nitrogens with one attached hydrogen (secondary N) is 1. The average molecular weight is 331 g/mol. The molecule has 1 aliphatic rings. The third-order valence-corrected chi connectivity index (χ3v) is 4.27. The monoisotopic (exact) mass is 331 g/mol. The lowest BCUT2D eigenvalue weighted by atomic mass is 9.97. The van der Waals surface area contributed by atoms with E-state index in [-0.39, 0.29) is 11.9 Å². The fourth-order valence-corrected chi connectivity index (χ4v) is 3.31. The summed E-state index contributed by atoms with van der Waals surface area (Å²) in [5.74, 6) is 2.42. The van der Waals surface area contributed by atoms with Crippen molar-refractivity contribution in [2.45, 2.75) is 25.8 Å². The van der Waals surface area contributed by atoms with Crippen molar-refractivity contribution in [2.75, 3.05) is 21.3 Å². The molecule has 0 saturated carbocycles. The van der Waals surface area contributed by atoms with Crippen LogP contribution in [0.2, 0.25) is 0 Å². The maximum absolute atomic E-state index is 11.5. The van der Waals surface area contributed by atoms with Crippen LogP contribution in [0.1, 0.15) is 30.7 Å². The van der Waals surface area contributed by atoms with Crippen LogP contribution in [0, 0.1) is 0 Å². The number of benzene rings is 1. The van der Waals surface area contributed by atoms with Crippen molar-refractivity contribution in [1.82, 2.24) is 5.32 Å². The van der Waals surface area contributed by atoms with Crippen LogP contribution < -0.4 is 19.5 Å². The zero-order valence-corrected chi connectivity index (χ0v) is 14.3. The van der Waals surface area contributed by atoms with E-state index in [1.165, 1.54) is 6.92 Å². The molecule has 1 heterocycles. The molecule has 0 spiro atoms. The van der Waals surface area contributed by atoms with Gasteiger partial charge in [-0.15, -0.1) is 0 Å². The number of carbonyl (C=O) groups excluding carboxylic acids is 1. The molecule has 24 heavy (non-hydrogen) atoms. The number of ether oxygens (including phenoxy) is 3. The first-order chi connectivity index (χ1) is 11.6. The second kappa shape index (κ2) is 6.47. The third-order valence-electron chi connectivity index (χ3n) is 4.27. The van der Waals surface area contributed by atoms with Gasteiger partial charge in [-0.3, -0.25) is 4.79 Å². The van der Waals surface area contributed by atoms with Crippen molar-refractivity contribution in [1.29, 1.82) is 0 Å². The molecular weight excluding hydrogens is 310 g/mol. The second-order valence-electron chi connectivity index (χ2n) is 5.67. The summed E-state index contributed by atoms with van der Waals surface area (Å²) in [6, 6.07) is 3.67. The van der Waals surface area contributed by atoms with Crippen LogP contribution in [-0.2, 0) is 11.2 Å². The first kappa shape index (κ1) is 16.2. The van der Waals surface area contributed by atoms with Gasteiger partial charge in [-0.2, -0.15) is 0 Å². The molecule has 128 valence electrons. The van der Waals surface area contributed by atoms with Gasteiger partial charge in [0, 0.05) is 18.1 Å². The number of carbonyl (C=O) groups is 1. The summed E-state index contributed by atoms with van der Waals surface area (Å²) in [5, 5.41) is 2.96. The molecule has 1 N–H and O–H groups in total. The van der Waals surface area contributed by atoms with Gasteiger partial charge < -0.3 is 23.9 Å². The van der Waals surface area contributed by atoms with Crippen molar-refractivity contribution < 1.29 is 23.4 Å². The van der Waals surface area contributed by atoms with Crippen molar-refractivity contribution in [3.63, 3.8) is 0 Å². The summed E-state index contributed by atoms with van der Waals surface area (Å²) >= 11 is 0. The van der Waals surface area contributed by atoms with E-state index >= 15 is 0 Å². The summed E-state index contributed by atoms with van der Waals surface area (Å²) in [4.78, 5) is 11.5. The Labute approximate surface area is 140 Å². The van der Waals surface area contributed by atoms with Crippen LogP contribution in [0.25, 0.3) is 11.1 Å². The Morgan fingerprint density at radius 3 is 2.58 bits per heavy atom. The molecule has 0 fully saturated rings. The quantitative estimate of drug-likeness (QED) is 0.932. The Morgan fingerprint density at radius 2 is 1.96 bits per heavy atom. The summed E-state index contributed by atoms with van der Waals surface area (Å²) < 4.78 is 22.3. The van der Waals surface area contributed by atoms with E-state index in [9.17, 15) is 4.79 Å². The predicted octanol–water partition coefficient (Wildman–Crippen LogP) is 3.10. The lowest BCUT2D eigenvalue weighted by molar-refractivity contribution is -0.119. The molecule has 1 aliphatic carbocycles. The van der Waals surface area contributed by atoms with Crippen molar-refractivity contribution in [3.05, 3.63) is 29.7 Å². The topological polar surface area (TPSA) is 69.9 Å². The van der Waals surface area contributed by atoms with E-state index in [0.717, 1.165) is 35.3 Å². The minimum atomic E-state index is -0.179. The maximum Gasteiger partial charge on any atom is 0.217 e. The van der Waals surface area contributed by atoms with Crippen LogP contribution in [-0.4, -0.2) is 27.2 Å². The van der Waals surface area contributed by atoms with Crippen LogP contribution >= 0.6 is 0 Å². The van der Waals surface area contributed by atoms with E-state index in [2.05, 4.69) is 5.32 Å². The fourth-order valence-electron chi connectivity index (χ4n) is 3.31. The molecule has 2 aromatic rings. The third kappa shape index (κ3) is 2.58. The lowest BCUT2D eigenvalue weighted by Gasteiger charge is -2.18. The molecule has 3 rings (SSSR count). The molecule has 1 amide bonds. The highest BCUT2D eigenvalue weighted by atomic mass is 16.5. The van der Waals surface area contributed by atoms with E-state index in [1.807, 2.05) is 12.1 Å². The number of hydrogen-bond donors (Lipinski definition) is 1. The number of fused-ring (bicyclic) bond motifs is 3. The van der Waals surface area contributed by atoms with Gasteiger partial charge in [0.15, 0.2) is 11.5 Å². The normalized spacial score (nSPS) is 15.8. The molecule has 0 saturated heterocycles. The van der Waals surface area contributed by atoms with E-state index < -0.39 is 0 Å². The molecule has 1 aromatic heterocycles. The van der Waals surface area contributed by atoms with Gasteiger partial charge in [0.1, 0.15) is 5.76 Å². The number of amides is 1. The number of methoxy groups -OCH3 is 3. The number of hydrogen-bond acceptors (Lipinski definition) is 5. The SMILES string of the molecule is COc1cc2c(c(OC)c1OC)-c1ccoc1[C@@H](NC(C)=O)CC2. The van der Waals surface area contributed by atoms with Crippen LogP contribution in [0.15, 0.2) is 22.8 Å². The van der Waals surface area contributed by atoms with Crippen molar-refractivity contribution in [2.24, 2.45) is 0 Å². The number of rotatable bonds is 4. The summed E-state index contributed by atoms with van der Waals surface area (Å²) in [6.45, 7) is 1.51. The highest BCUT2D eigenvalue weighted by Crippen LogP contribution is 2.50. The number of furan rings is 1. The molecule has 6 nitrogen and oxygen atoms in total. The first-order valence-electron chi connectivity index (χ1n) is 7.77. The van der Waals surface area contributed by atoms with E-state index in [0.29, 0.717) is 17.2 Å². The van der Waals surface area contributed by atoms with E-state index in [4.69, 9.17) is 18.6 Å². The molecule has 0 unspecified atom stereocenters. The van der Waals surface area contributed by atoms with E-state index in [1.54, 1.807) is 27.6 Å². The molecule has 1 aromatic carbocycles. The predicted molar refractivity (Wildman–Crippen MR) is 88.7 cm³/mol. The van der Waals surface area contributed by atoms with Crippen LogP contribution in [0.4, 0.5) is 0 Å². The summed E-state index contributed by atoms with van der Waals surface area (Å²) in [6.07, 6.45) is 3.11. The van der Waals surface area contributed by atoms with Gasteiger partial charge in [0.2, 0.25) is 11.7 Å². The summed E-state index contributed by atoms with van der Waals surface area (Å²) in [7, 11) is 4.79. The Hall–Kier alpha value is -2.63. The van der Waals surface area contributed by atoms with Gasteiger partial charge in [-0.1, -0.05) is 0 Å². The molecule has 0 bridgehead atoms. The smallest absolute Gasteiger partial charge is 0.217 e. The van der Waals surface area contributed by atoms with Crippen LogP contribution in [0.5, 0.6) is 17.2 Å². The zero-order chi connectivity index (χ0) is 17.3. The standard InChI is InChI=1S/C18H21NO5/c1-10(20)19-13-6-5-11-9-14(21-2)17(22-3)18(23-4)15(11)12-7-8-24-16(12)13/h7-9,13H,5-6H2,1-4H3,(H,19,20)/t13-/m0/s1. The molecule has 6 heteroatoms. The maximum atomic E-state index is 11.5. The Bertz CT molecular complexity index is 765. The second-order valence-corrected chi connectivity index (χ2v) is 5.67. The highest BCUT2D eigenvalue weighted by molar-refractivity contribution is 5.82. The minimum absolute atomic E-state index is 0.0876. The Balaban J connectivity index is 2.23. The molecule has 0 radical (unpaired) electrons. The van der Waals surface area contributed by atoms with Crippen molar-refractivity contribution in [3.8, 4) is 28.4 Å². The molecule has 0 aliphatic heterocycles. The number of aryl methyl sites for hydroxylation is 1. The van der Waals surface area contributed by atoms with Gasteiger partial charge >= 0.3 is 0 Å². The highest BCUT2D eigenvalue weighted by Gasteiger charge is 2.31. The first-order valence-corrected chi connectivity index (χ1v) is 7.77. The molecular formula is C18H21NO5. The average Bonchev–Trinajstić information content (AvgIpc) is 3.00. The minimum Gasteiger partial charge on any atom is -0.493 e. The largest absolute Gasteiger partial charge is 0.493 e. The zero-order valence-electron chi connectivity index (χ0n) is 14.3. The Kier molecular flexibility index (Phi) is 4.38. The van der Waals surface area contributed by atoms with Gasteiger partial charge in [0.25, 0.3) is 0 Å². The fraction of sp³-hybridized carbons (Fsp3) is 0.389. The van der Waals surface area contributed by atoms with Gasteiger partial charge in [-0.05, 0) is 30.5 Å². The van der Waals surface area contributed by atoms with Crippen LogP contribution in [0.3, 0.4) is 0 Å². The van der Waals surface area contributed by atoms with Gasteiger partial charge in [-0.25, -0.2) is 0 Å². The van der Waals surface area contributed by atoms with Crippen molar-refractivity contribution >= 4 is 5.91 Å². The lowest BCUT2D eigenvalue weighted by Crippen LogP contribution is -2.25. The van der Waals surface area contributed by atoms with Gasteiger partial charge in [0.05, 0.1) is 33.6 Å². The molecule has 1 atom stereocenters. The Morgan fingerprint density at radius 1 is 1.21 bits per heavy atom.